The van der Waals surface area contributed by atoms with Gasteiger partial charge in [0.1, 0.15) is 5.71 Å². The molecule has 4 nitrogen and oxygen atoms in total. The molecule has 0 saturated carbocycles. The first-order chi connectivity index (χ1) is 7.22. The average molecular weight is 269 g/mol. The van der Waals surface area contributed by atoms with E-state index in [0.717, 1.165) is 4.47 Å². The van der Waals surface area contributed by atoms with Crippen molar-refractivity contribution in [2.24, 2.45) is 5.10 Å². The van der Waals surface area contributed by atoms with Gasteiger partial charge in [-0.3, -0.25) is 9.59 Å². The van der Waals surface area contributed by atoms with E-state index in [1.165, 1.54) is 0 Å². The van der Waals surface area contributed by atoms with Crippen LogP contribution in [-0.4, -0.2) is 25.3 Å². The summed E-state index contributed by atoms with van der Waals surface area (Å²) >= 11 is 3.27. The molecule has 0 aliphatic rings. The van der Waals surface area contributed by atoms with Gasteiger partial charge in [-0.15, -0.1) is 0 Å². The molecule has 0 spiro atoms. The summed E-state index contributed by atoms with van der Waals surface area (Å²) in [6.45, 7) is 0. The molecule has 5 heteroatoms. The number of hydrogen-bond donors (Lipinski definition) is 1. The van der Waals surface area contributed by atoms with Crippen LogP contribution in [0.2, 0.25) is 0 Å². The standard InChI is InChI=1S/C10H9BrN2O2/c1-12-13-10(6-15)9-4-8(11)3-2-7(9)5-14/h2-6,12H,1H3/b13-10-. The van der Waals surface area contributed by atoms with Gasteiger partial charge < -0.3 is 5.43 Å². The smallest absolute Gasteiger partial charge is 0.170 e. The van der Waals surface area contributed by atoms with Crippen LogP contribution in [0.1, 0.15) is 15.9 Å². The average Bonchev–Trinajstić information content (AvgIpc) is 2.26. The van der Waals surface area contributed by atoms with E-state index >= 15 is 0 Å². The summed E-state index contributed by atoms with van der Waals surface area (Å²) in [6.07, 6.45) is 1.29. The minimum absolute atomic E-state index is 0.195. The van der Waals surface area contributed by atoms with Gasteiger partial charge in [-0.2, -0.15) is 5.10 Å². The second kappa shape index (κ2) is 5.41. The third-order valence-corrected chi connectivity index (χ3v) is 2.26. The van der Waals surface area contributed by atoms with Crippen LogP contribution in [0.5, 0.6) is 0 Å². The van der Waals surface area contributed by atoms with Gasteiger partial charge in [-0.25, -0.2) is 0 Å². The van der Waals surface area contributed by atoms with Gasteiger partial charge in [-0.05, 0) is 18.2 Å². The van der Waals surface area contributed by atoms with E-state index < -0.39 is 0 Å². The Morgan fingerprint density at radius 2 is 2.20 bits per heavy atom. The molecule has 0 aromatic heterocycles. The van der Waals surface area contributed by atoms with Crippen LogP contribution in [0, 0.1) is 0 Å². The van der Waals surface area contributed by atoms with Crippen molar-refractivity contribution in [1.29, 1.82) is 0 Å². The van der Waals surface area contributed by atoms with E-state index in [0.29, 0.717) is 23.7 Å². The zero-order chi connectivity index (χ0) is 11.3. The quantitative estimate of drug-likeness (QED) is 0.510. The summed E-state index contributed by atoms with van der Waals surface area (Å²) in [4.78, 5) is 21.5. The second-order valence-electron chi connectivity index (χ2n) is 2.69. The Bertz CT molecular complexity index is 416. The summed E-state index contributed by atoms with van der Waals surface area (Å²) < 4.78 is 0.786. The van der Waals surface area contributed by atoms with Crippen LogP contribution in [0.25, 0.3) is 0 Å². The molecule has 1 rings (SSSR count). The van der Waals surface area contributed by atoms with Crippen molar-refractivity contribution in [3.8, 4) is 0 Å². The molecule has 0 bridgehead atoms. The van der Waals surface area contributed by atoms with Crippen molar-refractivity contribution in [1.82, 2.24) is 5.43 Å². The van der Waals surface area contributed by atoms with Crippen molar-refractivity contribution in [3.63, 3.8) is 0 Å². The lowest BCUT2D eigenvalue weighted by molar-refractivity contribution is -0.102. The van der Waals surface area contributed by atoms with Crippen LogP contribution < -0.4 is 5.43 Å². The highest BCUT2D eigenvalue weighted by molar-refractivity contribution is 9.10. The largest absolute Gasteiger partial charge is 0.312 e. The maximum atomic E-state index is 10.8. The van der Waals surface area contributed by atoms with Crippen molar-refractivity contribution in [3.05, 3.63) is 33.8 Å². The highest BCUT2D eigenvalue weighted by Crippen LogP contribution is 2.15. The van der Waals surface area contributed by atoms with Gasteiger partial charge in [0.15, 0.2) is 12.6 Å². The first-order valence-corrected chi connectivity index (χ1v) is 4.97. The number of halogens is 1. The van der Waals surface area contributed by atoms with Crippen molar-refractivity contribution in [2.75, 3.05) is 7.05 Å². The molecule has 1 N–H and O–H groups in total. The monoisotopic (exact) mass is 268 g/mol. The highest BCUT2D eigenvalue weighted by atomic mass is 79.9. The van der Waals surface area contributed by atoms with E-state index in [9.17, 15) is 9.59 Å². The lowest BCUT2D eigenvalue weighted by Crippen LogP contribution is -2.11. The minimum Gasteiger partial charge on any atom is -0.312 e. The first kappa shape index (κ1) is 11.6. The maximum absolute atomic E-state index is 10.8. The number of carbonyl (C=O) groups excluding carboxylic acids is 2. The molecule has 0 amide bonds. The molecule has 15 heavy (non-hydrogen) atoms. The molecule has 0 aliphatic heterocycles. The molecule has 0 fully saturated rings. The SMILES string of the molecule is CN/N=C(/C=O)c1cc(Br)ccc1C=O. The van der Waals surface area contributed by atoms with E-state index in [1.54, 1.807) is 25.2 Å². The third kappa shape index (κ3) is 2.73. The number of benzene rings is 1. The normalized spacial score (nSPS) is 10.9. The number of hydrogen-bond acceptors (Lipinski definition) is 4. The Morgan fingerprint density at radius 3 is 2.73 bits per heavy atom. The predicted molar refractivity (Wildman–Crippen MR) is 61.2 cm³/mol. The zero-order valence-electron chi connectivity index (χ0n) is 8.03. The molecule has 0 atom stereocenters. The van der Waals surface area contributed by atoms with Crippen LogP contribution in [0.3, 0.4) is 0 Å². The van der Waals surface area contributed by atoms with Gasteiger partial charge in [0.05, 0.1) is 0 Å². The number of hydrazone groups is 1. The molecule has 1 aromatic rings. The predicted octanol–water partition coefficient (Wildman–Crippen LogP) is 1.38. The number of nitrogens with zero attached hydrogens (tertiary/aromatic N) is 1. The number of rotatable bonds is 4. The maximum Gasteiger partial charge on any atom is 0.170 e. The molecule has 0 aliphatic carbocycles. The number of carbonyl (C=O) groups is 2. The summed E-state index contributed by atoms with van der Waals surface area (Å²) in [5.74, 6) is 0. The molecule has 78 valence electrons. The van der Waals surface area contributed by atoms with Gasteiger partial charge in [0.25, 0.3) is 0 Å². The van der Waals surface area contributed by atoms with Gasteiger partial charge in [0, 0.05) is 22.6 Å². The van der Waals surface area contributed by atoms with Crippen LogP contribution >= 0.6 is 15.9 Å². The molecule has 0 radical (unpaired) electrons. The van der Waals surface area contributed by atoms with E-state index in [-0.39, 0.29) is 5.71 Å². The van der Waals surface area contributed by atoms with Crippen LogP contribution in [-0.2, 0) is 4.79 Å². The lowest BCUT2D eigenvalue weighted by Gasteiger charge is -2.03. The summed E-state index contributed by atoms with van der Waals surface area (Å²) in [6, 6.07) is 5.03. The molecule has 0 saturated heterocycles. The fraction of sp³-hybridized carbons (Fsp3) is 0.100. The fourth-order valence-corrected chi connectivity index (χ4v) is 1.48. The highest BCUT2D eigenvalue weighted by Gasteiger charge is 2.08. The van der Waals surface area contributed by atoms with Gasteiger partial charge in [-0.1, -0.05) is 15.9 Å². The molecule has 0 unspecified atom stereocenters. The Hall–Kier alpha value is -1.49. The molecular formula is C10H9BrN2O2. The van der Waals surface area contributed by atoms with Crippen molar-refractivity contribution in [2.45, 2.75) is 0 Å². The Kier molecular flexibility index (Phi) is 4.17. The minimum atomic E-state index is 0.195. The molecule has 1 aromatic carbocycles. The topological polar surface area (TPSA) is 58.5 Å². The first-order valence-electron chi connectivity index (χ1n) is 4.17. The van der Waals surface area contributed by atoms with Crippen LogP contribution in [0.15, 0.2) is 27.8 Å². The zero-order valence-corrected chi connectivity index (χ0v) is 9.61. The summed E-state index contributed by atoms with van der Waals surface area (Å²) in [7, 11) is 1.59. The Balaban J connectivity index is 3.32. The van der Waals surface area contributed by atoms with Gasteiger partial charge in [0.2, 0.25) is 0 Å². The third-order valence-electron chi connectivity index (χ3n) is 1.76. The Morgan fingerprint density at radius 1 is 1.47 bits per heavy atom. The Labute approximate surface area is 95.5 Å². The van der Waals surface area contributed by atoms with E-state index in [4.69, 9.17) is 0 Å². The number of nitrogens with one attached hydrogen (secondary N) is 1. The molecule has 0 heterocycles. The number of aldehydes is 2. The summed E-state index contributed by atoms with van der Waals surface area (Å²) in [5, 5.41) is 3.78. The lowest BCUT2D eigenvalue weighted by atomic mass is 10.1. The van der Waals surface area contributed by atoms with E-state index in [1.807, 2.05) is 0 Å². The van der Waals surface area contributed by atoms with Crippen molar-refractivity contribution < 1.29 is 9.59 Å². The fourth-order valence-electron chi connectivity index (χ4n) is 1.12. The van der Waals surface area contributed by atoms with Gasteiger partial charge >= 0.3 is 0 Å². The summed E-state index contributed by atoms with van der Waals surface area (Å²) in [5.41, 5.74) is 3.64. The second-order valence-corrected chi connectivity index (χ2v) is 3.60. The molecular weight excluding hydrogens is 260 g/mol. The van der Waals surface area contributed by atoms with E-state index in [2.05, 4.69) is 26.5 Å². The van der Waals surface area contributed by atoms with Crippen molar-refractivity contribution >= 4 is 34.2 Å². The van der Waals surface area contributed by atoms with Crippen LogP contribution in [0.4, 0.5) is 0 Å².